The van der Waals surface area contributed by atoms with Crippen molar-refractivity contribution in [2.45, 2.75) is 17.2 Å². The van der Waals surface area contributed by atoms with Gasteiger partial charge in [-0.1, -0.05) is 19.4 Å². The number of hydrogen-bond donors (Lipinski definition) is 0. The average molecular weight is 592 g/mol. The molecule has 2 aromatic carbocycles. The third-order valence-electron chi connectivity index (χ3n) is 4.93. The lowest BCUT2D eigenvalue weighted by molar-refractivity contribution is -0.143. The van der Waals surface area contributed by atoms with E-state index in [0.29, 0.717) is 6.07 Å². The first-order valence-electron chi connectivity index (χ1n) is 9.43. The van der Waals surface area contributed by atoms with Crippen molar-refractivity contribution in [3.63, 3.8) is 0 Å². The van der Waals surface area contributed by atoms with Gasteiger partial charge < -0.3 is 0 Å². The van der Waals surface area contributed by atoms with Crippen LogP contribution in [-0.2, 0) is 12.4 Å². The summed E-state index contributed by atoms with van der Waals surface area (Å²) in [4.78, 5) is -3.25. The average Bonchev–Trinajstić information content (AvgIpc) is 2.81. The molecule has 0 aliphatic heterocycles. The van der Waals surface area contributed by atoms with Crippen LogP contribution in [0, 0.1) is 68.0 Å². The lowest BCUT2D eigenvalue weighted by atomic mass is 9.91. The zero-order valence-electron chi connectivity index (χ0n) is 18.5. The Bertz CT molecular complexity index is 1810. The van der Waals surface area contributed by atoms with Gasteiger partial charge >= 0.3 is 22.6 Å². The van der Waals surface area contributed by atoms with E-state index >= 15 is 0 Å². The molecule has 6 nitrogen and oxygen atoms in total. The van der Waals surface area contributed by atoms with E-state index in [1.807, 2.05) is 0 Å². The molecule has 0 unspecified atom stereocenters. The first kappa shape index (κ1) is 30.9. The summed E-state index contributed by atoms with van der Waals surface area (Å²) < 4.78 is 152. The Labute approximate surface area is 214 Å². The monoisotopic (exact) mass is 592 g/mol. The Morgan fingerprint density at radius 1 is 0.600 bits per heavy atom. The summed E-state index contributed by atoms with van der Waals surface area (Å²) in [6, 6.07) is 3.85. The standard InChI is InChI=1S/C22H3F11N6S/c23-21(24,25)17-1-10(2-18(16(17)9-39)22(26,27)28)13(6-36)20-15(8-38)14(7-37)12(11(4-34)5-35)3-19(20)40(29,30,31,32)33/h1-3H/b20-13-. The molecule has 0 aromatic heterocycles. The van der Waals surface area contributed by atoms with Crippen molar-refractivity contribution in [2.24, 2.45) is 0 Å². The Morgan fingerprint density at radius 2 is 1.02 bits per heavy atom. The Balaban J connectivity index is 3.65. The van der Waals surface area contributed by atoms with Gasteiger partial charge in [-0.05, 0) is 23.8 Å². The van der Waals surface area contributed by atoms with Crippen LogP contribution < -0.4 is 10.4 Å². The van der Waals surface area contributed by atoms with E-state index in [1.165, 1.54) is 0 Å². The van der Waals surface area contributed by atoms with E-state index < -0.39 is 101 Å². The van der Waals surface area contributed by atoms with E-state index in [1.54, 1.807) is 0 Å². The molecule has 0 bridgehead atoms. The van der Waals surface area contributed by atoms with E-state index in [9.17, 15) is 61.6 Å². The molecule has 0 aliphatic carbocycles. The van der Waals surface area contributed by atoms with Gasteiger partial charge in [0.05, 0.1) is 33.4 Å². The molecule has 204 valence electrons. The molecule has 0 N–H and O–H groups in total. The van der Waals surface area contributed by atoms with Gasteiger partial charge in [-0.25, -0.2) is 0 Å². The highest BCUT2D eigenvalue weighted by atomic mass is 32.5. The molecule has 0 heterocycles. The fraction of sp³-hybridized carbons (Fsp3) is 0.0909. The summed E-state index contributed by atoms with van der Waals surface area (Å²) in [7, 11) is -11.2. The summed E-state index contributed by atoms with van der Waals surface area (Å²) in [5.74, 6) is 0. The minimum atomic E-state index is -11.2. The highest BCUT2D eigenvalue weighted by molar-refractivity contribution is 8.45. The molecular weight excluding hydrogens is 589 g/mol. The van der Waals surface area contributed by atoms with Crippen LogP contribution in [0.3, 0.4) is 0 Å². The molecule has 0 radical (unpaired) electrons. The van der Waals surface area contributed by atoms with E-state index in [4.69, 9.17) is 15.8 Å². The fourth-order valence-corrected chi connectivity index (χ4v) is 4.33. The van der Waals surface area contributed by atoms with Crippen LogP contribution >= 0.6 is 10.2 Å². The third-order valence-corrected chi connectivity index (χ3v) is 6.09. The zero-order chi connectivity index (χ0) is 31.1. The maximum Gasteiger partial charge on any atom is 0.417 e. The number of halogens is 11. The van der Waals surface area contributed by atoms with Crippen molar-refractivity contribution in [1.82, 2.24) is 0 Å². The van der Waals surface area contributed by atoms with Crippen molar-refractivity contribution >= 4 is 21.4 Å². The van der Waals surface area contributed by atoms with Crippen molar-refractivity contribution in [1.29, 1.82) is 31.6 Å². The minimum absolute atomic E-state index is 0.398. The molecular formula is C22H3F11N6S. The fourth-order valence-electron chi connectivity index (χ4n) is 3.40. The summed E-state index contributed by atoms with van der Waals surface area (Å²) in [5.41, 5.74) is -15.2. The second-order valence-corrected chi connectivity index (χ2v) is 9.76. The van der Waals surface area contributed by atoms with Gasteiger partial charge in [0, 0.05) is 10.4 Å². The van der Waals surface area contributed by atoms with E-state index in [-0.39, 0.29) is 0 Å². The van der Waals surface area contributed by atoms with Crippen LogP contribution in [0.5, 0.6) is 0 Å². The maximum absolute atomic E-state index is 14.2. The third kappa shape index (κ3) is 5.59. The lowest BCUT2D eigenvalue weighted by Crippen LogP contribution is -2.30. The summed E-state index contributed by atoms with van der Waals surface area (Å²) >= 11 is 0. The second-order valence-electron chi connectivity index (χ2n) is 7.38. The number of nitriles is 6. The van der Waals surface area contributed by atoms with Crippen LogP contribution in [0.2, 0.25) is 0 Å². The molecule has 2 aromatic rings. The van der Waals surface area contributed by atoms with Crippen LogP contribution in [0.1, 0.15) is 33.4 Å². The number of alkyl halides is 6. The smallest absolute Gasteiger partial charge is 0.192 e. The SMILES string of the molecule is N#CC(C#N)=c1cc(S(F)(F)(F)(F)F)/c(=C(/C#N)c2cc(C(F)(F)F)c(C#N)c(C(F)(F)F)c2)c(C#N)c1C#N. The maximum atomic E-state index is 14.2. The first-order valence-corrected chi connectivity index (χ1v) is 11.4. The number of benzene rings is 2. The number of hydrogen-bond acceptors (Lipinski definition) is 6. The molecule has 0 saturated heterocycles. The molecule has 0 saturated carbocycles. The van der Waals surface area contributed by atoms with Crippen LogP contribution in [-0.4, -0.2) is 0 Å². The molecule has 0 spiro atoms. The van der Waals surface area contributed by atoms with Crippen molar-refractivity contribution in [3.8, 4) is 36.4 Å². The van der Waals surface area contributed by atoms with Crippen molar-refractivity contribution < 1.29 is 45.8 Å². The van der Waals surface area contributed by atoms with Crippen LogP contribution in [0.4, 0.5) is 45.8 Å². The summed E-state index contributed by atoms with van der Waals surface area (Å²) in [6.07, 6.45) is -11.6. The van der Waals surface area contributed by atoms with Gasteiger partial charge in [0.25, 0.3) is 0 Å². The minimum Gasteiger partial charge on any atom is -0.192 e. The van der Waals surface area contributed by atoms with Gasteiger partial charge in [-0.2, -0.15) is 57.9 Å². The summed E-state index contributed by atoms with van der Waals surface area (Å²) in [6.45, 7) is 0. The highest BCUT2D eigenvalue weighted by Gasteiger charge is 2.66. The lowest BCUT2D eigenvalue weighted by Gasteiger charge is -2.41. The molecule has 0 aliphatic rings. The van der Waals surface area contributed by atoms with Crippen molar-refractivity contribution in [2.75, 3.05) is 0 Å². The zero-order valence-corrected chi connectivity index (χ0v) is 19.3. The first-order chi connectivity index (χ1) is 18.0. The molecule has 0 fully saturated rings. The van der Waals surface area contributed by atoms with E-state index in [2.05, 4.69) is 0 Å². The van der Waals surface area contributed by atoms with Crippen LogP contribution in [0.25, 0.3) is 11.1 Å². The summed E-state index contributed by atoms with van der Waals surface area (Å²) in [5, 5.41) is 51.6. The Kier molecular flexibility index (Phi) is 6.86. The quantitative estimate of drug-likeness (QED) is 0.397. The predicted octanol–water partition coefficient (Wildman–Crippen LogP) is 5.92. The van der Waals surface area contributed by atoms with Crippen molar-refractivity contribution in [3.05, 3.63) is 62.0 Å². The normalized spacial score (nSPS) is 14.0. The number of nitrogens with zero attached hydrogens (tertiary/aromatic N) is 6. The Morgan fingerprint density at radius 3 is 1.32 bits per heavy atom. The van der Waals surface area contributed by atoms with E-state index in [0.717, 1.165) is 30.3 Å². The molecule has 0 amide bonds. The van der Waals surface area contributed by atoms with Gasteiger partial charge in [0.2, 0.25) is 0 Å². The topological polar surface area (TPSA) is 143 Å². The highest BCUT2D eigenvalue weighted by Crippen LogP contribution is 3.01. The van der Waals surface area contributed by atoms with Crippen LogP contribution in [0.15, 0.2) is 23.1 Å². The Hall–Kier alpha value is -5.30. The molecule has 0 atom stereocenters. The van der Waals surface area contributed by atoms with Gasteiger partial charge in [0.15, 0.2) is 0 Å². The molecule has 2 rings (SSSR count). The second kappa shape index (κ2) is 8.88. The van der Waals surface area contributed by atoms with Gasteiger partial charge in [0.1, 0.15) is 46.9 Å². The number of rotatable bonds is 2. The molecule has 40 heavy (non-hydrogen) atoms. The van der Waals surface area contributed by atoms with Gasteiger partial charge in [-0.3, -0.25) is 0 Å². The molecule has 18 heteroatoms. The van der Waals surface area contributed by atoms with Gasteiger partial charge in [-0.15, -0.1) is 0 Å². The largest absolute Gasteiger partial charge is 0.417 e. The predicted molar refractivity (Wildman–Crippen MR) is 110 cm³/mol.